The number of rotatable bonds is 9. The summed E-state index contributed by atoms with van der Waals surface area (Å²) in [4.78, 5) is 0. The molecule has 0 fully saturated rings. The minimum atomic E-state index is 0.341. The molecule has 0 spiro atoms. The van der Waals surface area contributed by atoms with E-state index in [1.807, 2.05) is 0 Å². The van der Waals surface area contributed by atoms with Crippen LogP contribution in [0.1, 0.15) is 51.9 Å². The van der Waals surface area contributed by atoms with Crippen molar-refractivity contribution >= 4 is 0 Å². The highest BCUT2D eigenvalue weighted by atomic mass is 16.2. The van der Waals surface area contributed by atoms with Gasteiger partial charge in [-0.2, -0.15) is 0 Å². The lowest BCUT2D eigenvalue weighted by atomic mass is 9.96. The van der Waals surface area contributed by atoms with Gasteiger partial charge in [0, 0.05) is 6.61 Å². The van der Waals surface area contributed by atoms with E-state index in [1.165, 1.54) is 32.1 Å². The van der Waals surface area contributed by atoms with Crippen molar-refractivity contribution < 1.29 is 5.11 Å². The maximum atomic E-state index is 8.61. The van der Waals surface area contributed by atoms with E-state index in [-0.39, 0.29) is 0 Å². The van der Waals surface area contributed by atoms with E-state index in [0.717, 1.165) is 12.8 Å². The molecule has 13 heavy (non-hydrogen) atoms. The molecule has 0 aliphatic rings. The van der Waals surface area contributed by atoms with E-state index in [0.29, 0.717) is 12.5 Å². The first-order valence-electron chi connectivity index (χ1n) is 5.58. The van der Waals surface area contributed by atoms with Gasteiger partial charge in [-0.25, -0.2) is 0 Å². The number of hydrogen-bond acceptors (Lipinski definition) is 1. The van der Waals surface area contributed by atoms with Crippen molar-refractivity contribution in [3.8, 4) is 0 Å². The monoisotopic (exact) mass is 184 g/mol. The Hall–Kier alpha value is -0.300. The van der Waals surface area contributed by atoms with Gasteiger partial charge in [-0.15, -0.1) is 6.58 Å². The van der Waals surface area contributed by atoms with Crippen molar-refractivity contribution in [2.45, 2.75) is 51.9 Å². The standard InChI is InChI=1S/C12H24O/c1-3-5-9-12(4-2)10-7-6-8-11-13/h4,12-13H,2-3,5-11H2,1H3. The van der Waals surface area contributed by atoms with Crippen molar-refractivity contribution in [2.75, 3.05) is 6.61 Å². The molecule has 0 bridgehead atoms. The molecule has 1 unspecified atom stereocenters. The molecule has 0 saturated carbocycles. The zero-order valence-electron chi connectivity index (χ0n) is 8.97. The van der Waals surface area contributed by atoms with E-state index in [2.05, 4.69) is 19.6 Å². The van der Waals surface area contributed by atoms with E-state index < -0.39 is 0 Å². The molecule has 1 heteroatoms. The number of allylic oxidation sites excluding steroid dienone is 1. The van der Waals surface area contributed by atoms with Gasteiger partial charge in [-0.1, -0.05) is 38.7 Å². The molecule has 0 aromatic heterocycles. The van der Waals surface area contributed by atoms with Crippen LogP contribution in [0.25, 0.3) is 0 Å². The van der Waals surface area contributed by atoms with Gasteiger partial charge < -0.3 is 5.11 Å². The number of aliphatic hydroxyl groups excluding tert-OH is 1. The molecule has 0 amide bonds. The van der Waals surface area contributed by atoms with Crippen LogP contribution in [0.4, 0.5) is 0 Å². The Morgan fingerprint density at radius 2 is 1.85 bits per heavy atom. The third-order valence-corrected chi connectivity index (χ3v) is 2.49. The third kappa shape index (κ3) is 8.04. The fourth-order valence-corrected chi connectivity index (χ4v) is 1.54. The Labute approximate surface area is 82.9 Å². The van der Waals surface area contributed by atoms with Crippen LogP contribution < -0.4 is 0 Å². The molecule has 0 radical (unpaired) electrons. The minimum Gasteiger partial charge on any atom is -0.396 e. The second-order valence-corrected chi connectivity index (χ2v) is 3.71. The zero-order valence-corrected chi connectivity index (χ0v) is 8.97. The molecule has 0 heterocycles. The normalized spacial score (nSPS) is 12.8. The molecule has 0 saturated heterocycles. The van der Waals surface area contributed by atoms with Crippen molar-refractivity contribution in [3.05, 3.63) is 12.7 Å². The Morgan fingerprint density at radius 3 is 2.38 bits per heavy atom. The quantitative estimate of drug-likeness (QED) is 0.429. The van der Waals surface area contributed by atoms with Gasteiger partial charge in [0.1, 0.15) is 0 Å². The first-order chi connectivity index (χ1) is 6.35. The van der Waals surface area contributed by atoms with Gasteiger partial charge in [0.2, 0.25) is 0 Å². The van der Waals surface area contributed by atoms with Crippen LogP contribution in [-0.4, -0.2) is 11.7 Å². The lowest BCUT2D eigenvalue weighted by Crippen LogP contribution is -1.96. The van der Waals surface area contributed by atoms with Crippen LogP contribution in [0, 0.1) is 5.92 Å². The van der Waals surface area contributed by atoms with Crippen molar-refractivity contribution in [1.29, 1.82) is 0 Å². The zero-order chi connectivity index (χ0) is 9.94. The number of hydrogen-bond donors (Lipinski definition) is 1. The van der Waals surface area contributed by atoms with E-state index in [9.17, 15) is 0 Å². The summed E-state index contributed by atoms with van der Waals surface area (Å²) in [6.07, 6.45) is 10.6. The third-order valence-electron chi connectivity index (χ3n) is 2.49. The van der Waals surface area contributed by atoms with Crippen LogP contribution >= 0.6 is 0 Å². The first kappa shape index (κ1) is 12.7. The van der Waals surface area contributed by atoms with Gasteiger partial charge in [0.15, 0.2) is 0 Å². The van der Waals surface area contributed by atoms with Gasteiger partial charge in [0.25, 0.3) is 0 Å². The molecule has 0 aliphatic heterocycles. The van der Waals surface area contributed by atoms with E-state index >= 15 is 0 Å². The topological polar surface area (TPSA) is 20.2 Å². The summed E-state index contributed by atoms with van der Waals surface area (Å²) in [5.41, 5.74) is 0. The summed E-state index contributed by atoms with van der Waals surface area (Å²) in [5.74, 6) is 0.707. The summed E-state index contributed by atoms with van der Waals surface area (Å²) in [6.45, 7) is 6.43. The van der Waals surface area contributed by atoms with Gasteiger partial charge in [0.05, 0.1) is 0 Å². The van der Waals surface area contributed by atoms with Crippen LogP contribution in [0.3, 0.4) is 0 Å². The largest absolute Gasteiger partial charge is 0.396 e. The smallest absolute Gasteiger partial charge is 0.0431 e. The van der Waals surface area contributed by atoms with E-state index in [1.54, 1.807) is 0 Å². The molecule has 1 atom stereocenters. The molecular weight excluding hydrogens is 160 g/mol. The highest BCUT2D eigenvalue weighted by Gasteiger charge is 2.02. The fourth-order valence-electron chi connectivity index (χ4n) is 1.54. The predicted octanol–water partition coefficient (Wildman–Crippen LogP) is 3.53. The second-order valence-electron chi connectivity index (χ2n) is 3.71. The van der Waals surface area contributed by atoms with Gasteiger partial charge in [-0.3, -0.25) is 0 Å². The molecule has 1 nitrogen and oxygen atoms in total. The van der Waals surface area contributed by atoms with Crippen LogP contribution in [0.2, 0.25) is 0 Å². The molecule has 78 valence electrons. The molecule has 0 aromatic rings. The SMILES string of the molecule is C=CC(CCCC)CCCCCO. The summed E-state index contributed by atoms with van der Waals surface area (Å²) >= 11 is 0. The molecule has 0 aliphatic carbocycles. The fraction of sp³-hybridized carbons (Fsp3) is 0.833. The summed E-state index contributed by atoms with van der Waals surface area (Å²) in [5, 5.41) is 8.61. The second kappa shape index (κ2) is 9.79. The average Bonchev–Trinajstić information content (AvgIpc) is 2.17. The number of unbranched alkanes of at least 4 members (excludes halogenated alkanes) is 3. The van der Waals surface area contributed by atoms with Crippen molar-refractivity contribution in [1.82, 2.24) is 0 Å². The first-order valence-corrected chi connectivity index (χ1v) is 5.58. The van der Waals surface area contributed by atoms with Crippen molar-refractivity contribution in [2.24, 2.45) is 5.92 Å². The lowest BCUT2D eigenvalue weighted by Gasteiger charge is -2.10. The Kier molecular flexibility index (Phi) is 9.56. The maximum absolute atomic E-state index is 8.61. The summed E-state index contributed by atoms with van der Waals surface area (Å²) < 4.78 is 0. The highest BCUT2D eigenvalue weighted by Crippen LogP contribution is 2.17. The molecule has 0 rings (SSSR count). The molecule has 0 aromatic carbocycles. The Bertz CT molecular complexity index is 110. The van der Waals surface area contributed by atoms with Crippen LogP contribution in [0.5, 0.6) is 0 Å². The molecular formula is C12H24O. The average molecular weight is 184 g/mol. The van der Waals surface area contributed by atoms with Gasteiger partial charge in [-0.05, 0) is 25.2 Å². The highest BCUT2D eigenvalue weighted by molar-refractivity contribution is 4.78. The maximum Gasteiger partial charge on any atom is 0.0431 e. The van der Waals surface area contributed by atoms with Gasteiger partial charge >= 0.3 is 0 Å². The van der Waals surface area contributed by atoms with Crippen LogP contribution in [-0.2, 0) is 0 Å². The summed E-state index contributed by atoms with van der Waals surface area (Å²) in [7, 11) is 0. The Morgan fingerprint density at radius 1 is 1.15 bits per heavy atom. The minimum absolute atomic E-state index is 0.341. The summed E-state index contributed by atoms with van der Waals surface area (Å²) in [6, 6.07) is 0. The lowest BCUT2D eigenvalue weighted by molar-refractivity contribution is 0.281. The Balaban J connectivity index is 3.31. The van der Waals surface area contributed by atoms with Crippen LogP contribution in [0.15, 0.2) is 12.7 Å². The van der Waals surface area contributed by atoms with E-state index in [4.69, 9.17) is 5.11 Å². The number of aliphatic hydroxyl groups is 1. The van der Waals surface area contributed by atoms with Crippen molar-refractivity contribution in [3.63, 3.8) is 0 Å². The molecule has 1 N–H and O–H groups in total. The predicted molar refractivity (Wildman–Crippen MR) is 58.8 cm³/mol.